The number of nitroso groups, excluding NO2 is 1. The first-order valence-corrected chi connectivity index (χ1v) is 7.98. The number of nitrogens with zero attached hydrogens (tertiary/aromatic N) is 4. The van der Waals surface area contributed by atoms with Crippen LogP contribution >= 0.6 is 0 Å². The Morgan fingerprint density at radius 2 is 2.27 bits per heavy atom. The molecule has 0 fully saturated rings. The highest BCUT2D eigenvalue weighted by atomic mass is 16.6. The Morgan fingerprint density at radius 3 is 3.00 bits per heavy atom. The van der Waals surface area contributed by atoms with Crippen LogP contribution in [0.5, 0.6) is 11.5 Å². The Kier molecular flexibility index (Phi) is 4.98. The maximum absolute atomic E-state index is 12.0. The maximum Gasteiger partial charge on any atom is 0.430 e. The summed E-state index contributed by atoms with van der Waals surface area (Å²) < 4.78 is 12.2. The minimum absolute atomic E-state index is 0.0143. The monoisotopic (exact) mass is 362 g/mol. The van der Waals surface area contributed by atoms with E-state index in [2.05, 4.69) is 15.5 Å². The molecule has 0 aliphatic carbocycles. The molecule has 1 aromatic carbocycles. The molecule has 0 radical (unpaired) electrons. The van der Waals surface area contributed by atoms with E-state index in [-0.39, 0.29) is 36.4 Å². The zero-order valence-electron chi connectivity index (χ0n) is 13.7. The van der Waals surface area contributed by atoms with Gasteiger partial charge in [0.15, 0.2) is 0 Å². The first-order chi connectivity index (χ1) is 12.4. The average Bonchev–Trinajstić information content (AvgIpc) is 3.06. The molecular formula is C14H17BN5O6-. The summed E-state index contributed by atoms with van der Waals surface area (Å²) in [5, 5.41) is 29.7. The molecular weight excluding hydrogens is 345 g/mol. The van der Waals surface area contributed by atoms with E-state index < -0.39 is 12.7 Å². The molecule has 138 valence electrons. The van der Waals surface area contributed by atoms with Crippen LogP contribution in [-0.2, 0) is 19.6 Å². The predicted octanol–water partition coefficient (Wildman–Crippen LogP) is -0.419. The summed E-state index contributed by atoms with van der Waals surface area (Å²) in [5.41, 5.74) is 6.23. The van der Waals surface area contributed by atoms with Crippen molar-refractivity contribution in [3.8, 4) is 11.5 Å². The van der Waals surface area contributed by atoms with Crippen molar-refractivity contribution in [3.05, 3.63) is 40.1 Å². The number of carbonyl (C=O) groups excluding carboxylic acids is 1. The zero-order chi connectivity index (χ0) is 18.7. The highest BCUT2D eigenvalue weighted by Crippen LogP contribution is 2.38. The molecule has 1 amide bonds. The van der Waals surface area contributed by atoms with Crippen LogP contribution in [0.15, 0.2) is 23.5 Å². The molecule has 1 aliphatic heterocycles. The van der Waals surface area contributed by atoms with Crippen LogP contribution in [0.3, 0.4) is 0 Å². The van der Waals surface area contributed by atoms with Gasteiger partial charge in [-0.25, -0.2) is 0 Å². The van der Waals surface area contributed by atoms with Crippen molar-refractivity contribution in [3.63, 3.8) is 0 Å². The standard InChI is InChI=1S/C14H17BN5O6/c16-5-6-20-7-10(17-19-20)8-25-11-2-1-9-3-4-15(22,23)26-13(9)12(11)14(21)18-24/h1-2,7,22-23H,3-6,8,16H2/q-1. The Labute approximate surface area is 147 Å². The molecule has 26 heavy (non-hydrogen) atoms. The summed E-state index contributed by atoms with van der Waals surface area (Å²) in [6.07, 6.45) is 1.89. The fourth-order valence-corrected chi connectivity index (χ4v) is 2.70. The molecule has 1 aromatic heterocycles. The molecule has 4 N–H and O–H groups in total. The van der Waals surface area contributed by atoms with E-state index in [1.165, 1.54) is 6.07 Å². The van der Waals surface area contributed by atoms with Gasteiger partial charge < -0.3 is 25.2 Å². The fourth-order valence-electron chi connectivity index (χ4n) is 2.70. The van der Waals surface area contributed by atoms with Gasteiger partial charge in [-0.15, -0.1) is 10.0 Å². The molecule has 0 unspecified atom stereocenters. The minimum atomic E-state index is -3.11. The van der Waals surface area contributed by atoms with Gasteiger partial charge in [-0.1, -0.05) is 17.6 Å². The lowest BCUT2D eigenvalue weighted by molar-refractivity contribution is 0.0993. The summed E-state index contributed by atoms with van der Waals surface area (Å²) >= 11 is 0. The van der Waals surface area contributed by atoms with Gasteiger partial charge in [-0.3, -0.25) is 9.48 Å². The average molecular weight is 362 g/mol. The summed E-state index contributed by atoms with van der Waals surface area (Å²) in [5.74, 6) is -1.21. The molecule has 2 heterocycles. The van der Waals surface area contributed by atoms with E-state index in [9.17, 15) is 19.7 Å². The second kappa shape index (κ2) is 7.19. The predicted molar refractivity (Wildman–Crippen MR) is 89.3 cm³/mol. The first kappa shape index (κ1) is 18.0. The Bertz CT molecular complexity index is 839. The molecule has 0 bridgehead atoms. The Hall–Kier alpha value is -2.83. The van der Waals surface area contributed by atoms with Gasteiger partial charge in [0.05, 0.1) is 18.5 Å². The summed E-state index contributed by atoms with van der Waals surface area (Å²) in [6.45, 7) is -2.24. The zero-order valence-corrected chi connectivity index (χ0v) is 13.7. The van der Waals surface area contributed by atoms with Gasteiger partial charge in [-0.05, 0) is 18.1 Å². The quantitative estimate of drug-likeness (QED) is 0.457. The second-order valence-corrected chi connectivity index (χ2v) is 5.89. The Balaban J connectivity index is 1.88. The van der Waals surface area contributed by atoms with Crippen molar-refractivity contribution >= 4 is 12.7 Å². The number of carbonyl (C=O) groups is 1. The number of hydrogen-bond donors (Lipinski definition) is 3. The number of ether oxygens (including phenoxy) is 1. The molecule has 1 aliphatic rings. The highest BCUT2D eigenvalue weighted by Gasteiger charge is 2.33. The molecule has 0 saturated carbocycles. The number of nitrogens with two attached hydrogens (primary N) is 1. The second-order valence-electron chi connectivity index (χ2n) is 5.89. The van der Waals surface area contributed by atoms with Crippen LogP contribution in [-0.4, -0.2) is 44.2 Å². The van der Waals surface area contributed by atoms with Crippen LogP contribution in [0.4, 0.5) is 0 Å². The van der Waals surface area contributed by atoms with Crippen LogP contribution < -0.4 is 15.1 Å². The lowest BCUT2D eigenvalue weighted by Crippen LogP contribution is -2.45. The van der Waals surface area contributed by atoms with E-state index in [0.717, 1.165) is 0 Å². The van der Waals surface area contributed by atoms with Crippen LogP contribution in [0.2, 0.25) is 6.32 Å². The van der Waals surface area contributed by atoms with Crippen molar-refractivity contribution in [2.75, 3.05) is 6.54 Å². The van der Waals surface area contributed by atoms with E-state index in [1.54, 1.807) is 16.9 Å². The Morgan fingerprint density at radius 1 is 1.46 bits per heavy atom. The number of aryl methyl sites for hydroxylation is 1. The number of rotatable bonds is 6. The first-order valence-electron chi connectivity index (χ1n) is 7.98. The van der Waals surface area contributed by atoms with E-state index in [1.807, 2.05) is 0 Å². The number of fused-ring (bicyclic) bond motifs is 1. The van der Waals surface area contributed by atoms with Crippen molar-refractivity contribution in [1.82, 2.24) is 15.0 Å². The smallest absolute Gasteiger partial charge is 0.430 e. The van der Waals surface area contributed by atoms with E-state index in [4.69, 9.17) is 15.1 Å². The van der Waals surface area contributed by atoms with Crippen molar-refractivity contribution in [2.45, 2.75) is 25.9 Å². The van der Waals surface area contributed by atoms with Gasteiger partial charge in [-0.2, -0.15) is 0 Å². The highest BCUT2D eigenvalue weighted by molar-refractivity contribution is 6.59. The number of amides is 1. The third kappa shape index (κ3) is 3.71. The van der Waals surface area contributed by atoms with Crippen LogP contribution in [0.1, 0.15) is 21.6 Å². The van der Waals surface area contributed by atoms with Crippen molar-refractivity contribution < 1.29 is 24.2 Å². The summed E-state index contributed by atoms with van der Waals surface area (Å²) in [6, 6.07) is 3.13. The summed E-state index contributed by atoms with van der Waals surface area (Å²) in [4.78, 5) is 22.8. The molecule has 0 saturated heterocycles. The number of hydrogen-bond acceptors (Lipinski definition) is 9. The largest absolute Gasteiger partial charge is 0.669 e. The summed E-state index contributed by atoms with van der Waals surface area (Å²) in [7, 11) is 0. The third-order valence-corrected chi connectivity index (χ3v) is 3.91. The van der Waals surface area contributed by atoms with E-state index >= 15 is 0 Å². The molecule has 11 nitrogen and oxygen atoms in total. The minimum Gasteiger partial charge on any atom is -0.669 e. The normalized spacial score (nSPS) is 15.0. The van der Waals surface area contributed by atoms with Gasteiger partial charge in [0.1, 0.15) is 23.6 Å². The molecule has 2 aromatic rings. The van der Waals surface area contributed by atoms with E-state index in [0.29, 0.717) is 24.3 Å². The SMILES string of the molecule is NCCn1cc(COc2ccc3c(c2C(=O)N=O)O[B-](O)(O)CC3)nn1. The molecule has 3 rings (SSSR count). The van der Waals surface area contributed by atoms with Gasteiger partial charge in [0, 0.05) is 11.7 Å². The van der Waals surface area contributed by atoms with Crippen molar-refractivity contribution in [1.29, 1.82) is 0 Å². The van der Waals surface area contributed by atoms with Crippen LogP contribution in [0.25, 0.3) is 0 Å². The third-order valence-electron chi connectivity index (χ3n) is 3.91. The van der Waals surface area contributed by atoms with Crippen molar-refractivity contribution in [2.24, 2.45) is 10.9 Å². The lowest BCUT2D eigenvalue weighted by Gasteiger charge is -2.37. The van der Waals surface area contributed by atoms with Crippen LogP contribution in [0, 0.1) is 4.91 Å². The molecule has 12 heteroatoms. The topological polar surface area (TPSA) is 162 Å². The lowest BCUT2D eigenvalue weighted by atomic mass is 9.70. The maximum atomic E-state index is 12.0. The van der Waals surface area contributed by atoms with Gasteiger partial charge >= 0.3 is 12.7 Å². The molecule has 0 spiro atoms. The fraction of sp³-hybridized carbons (Fsp3) is 0.357. The van der Waals surface area contributed by atoms with Gasteiger partial charge in [0.25, 0.3) is 0 Å². The number of benzene rings is 1. The van der Waals surface area contributed by atoms with Gasteiger partial charge in [0.2, 0.25) is 0 Å². The molecule has 0 atom stereocenters. The number of aromatic nitrogens is 3.